The van der Waals surface area contributed by atoms with Gasteiger partial charge in [0.25, 0.3) is 0 Å². The molecule has 0 saturated carbocycles. The third kappa shape index (κ3) is 8.09. The van der Waals surface area contributed by atoms with Crippen LogP contribution in [0.1, 0.15) is 148 Å². The summed E-state index contributed by atoms with van der Waals surface area (Å²) in [5.41, 5.74) is 3.59. The fourth-order valence-corrected chi connectivity index (χ4v) is 13.4. The first-order chi connectivity index (χ1) is 38.6. The molecule has 2 spiro atoms. The molecule has 12 rings (SSSR count). The molecule has 0 aromatic heterocycles. The number of benzene rings is 6. The minimum Gasteiger partial charge on any atom is -0.493 e. The molecule has 0 saturated heterocycles. The molecule has 0 bridgehead atoms. The highest BCUT2D eigenvalue weighted by atomic mass is 16.7. The van der Waals surface area contributed by atoms with Gasteiger partial charge in [-0.2, -0.15) is 10.5 Å². The van der Waals surface area contributed by atoms with E-state index >= 15 is 0 Å². The van der Waals surface area contributed by atoms with Crippen molar-refractivity contribution in [2.45, 2.75) is 136 Å². The molecule has 18 heteroatoms. The van der Waals surface area contributed by atoms with Crippen molar-refractivity contribution >= 4 is 11.9 Å². The second kappa shape index (κ2) is 18.0. The summed E-state index contributed by atoms with van der Waals surface area (Å²) in [7, 11) is 4.72. The zero-order valence-corrected chi connectivity index (χ0v) is 48.0. The first-order valence-electron chi connectivity index (χ1n) is 26.8. The lowest BCUT2D eigenvalue weighted by atomic mass is 9.79. The van der Waals surface area contributed by atoms with Gasteiger partial charge in [-0.1, -0.05) is 0 Å². The summed E-state index contributed by atoms with van der Waals surface area (Å²) in [6, 6.07) is 19.4. The van der Waals surface area contributed by atoms with Crippen molar-refractivity contribution < 1.29 is 76.6 Å². The van der Waals surface area contributed by atoms with Gasteiger partial charge in [0, 0.05) is 31.2 Å². The fourth-order valence-electron chi connectivity index (χ4n) is 13.4. The zero-order valence-electron chi connectivity index (χ0n) is 48.0. The SMILES string of the molecule is COc1cc2c(cc1OC)C(C)(C)OC1(C2)Cc2cc3c(cc2C(C)(C)O1)Oc1c(C#N)c(C)c(Oc2cc4c(cc2OC)CC2(Cc5cc6c(cc5C(C)(C)O2)Oc2c(c(C(=O)O)c(C)c(C)c2C(=O)O)O6)OC4(C)C)c(C#N)c1O3. The van der Waals surface area contributed by atoms with Gasteiger partial charge in [0.1, 0.15) is 34.4 Å². The maximum atomic E-state index is 12.6. The highest BCUT2D eigenvalue weighted by molar-refractivity contribution is 6.01. The minimum atomic E-state index is -1.29. The van der Waals surface area contributed by atoms with E-state index in [0.29, 0.717) is 47.2 Å². The van der Waals surface area contributed by atoms with Crippen LogP contribution in [0, 0.1) is 43.4 Å². The predicted octanol–water partition coefficient (Wildman–Crippen LogP) is 13.4. The molecule has 0 radical (unpaired) electrons. The molecule has 6 heterocycles. The Bertz CT molecular complexity index is 3970. The Balaban J connectivity index is 0.866. The number of hydrogen-bond donors (Lipinski definition) is 2. The Kier molecular flexibility index (Phi) is 11.9. The molecule has 0 amide bonds. The molecule has 0 aliphatic carbocycles. The van der Waals surface area contributed by atoms with Crippen molar-refractivity contribution in [3.05, 3.63) is 132 Å². The van der Waals surface area contributed by atoms with Gasteiger partial charge >= 0.3 is 11.9 Å². The number of fused-ring (bicyclic) bond motifs is 8. The molecule has 6 aromatic carbocycles. The number of ether oxygens (including phenoxy) is 12. The van der Waals surface area contributed by atoms with Gasteiger partial charge < -0.3 is 67.1 Å². The van der Waals surface area contributed by atoms with Crippen molar-refractivity contribution in [3.8, 4) is 86.9 Å². The number of nitrogens with zero attached hydrogens (tertiary/aromatic N) is 2. The molecule has 18 nitrogen and oxygen atoms in total. The number of aromatic carboxylic acids is 2. The molecular weight excluding hydrogens is 1050 g/mol. The Morgan fingerprint density at radius 2 is 0.768 bits per heavy atom. The topological polar surface area (TPSA) is 233 Å². The summed E-state index contributed by atoms with van der Waals surface area (Å²) in [6.45, 7) is 20.4. The van der Waals surface area contributed by atoms with Crippen LogP contribution in [0.3, 0.4) is 0 Å². The van der Waals surface area contributed by atoms with E-state index in [-0.39, 0.29) is 92.2 Å². The summed E-state index contributed by atoms with van der Waals surface area (Å²) in [5, 5.41) is 42.4. The van der Waals surface area contributed by atoms with E-state index in [9.17, 15) is 30.3 Å². The molecule has 0 fully saturated rings. The van der Waals surface area contributed by atoms with Gasteiger partial charge in [0.05, 0.1) is 43.7 Å². The number of carbonyl (C=O) groups is 2. The molecule has 2 unspecified atom stereocenters. The Morgan fingerprint density at radius 1 is 0.451 bits per heavy atom. The van der Waals surface area contributed by atoms with Crippen LogP contribution in [0.25, 0.3) is 0 Å². The maximum Gasteiger partial charge on any atom is 0.339 e. The summed E-state index contributed by atoms with van der Waals surface area (Å²) >= 11 is 0. The van der Waals surface area contributed by atoms with E-state index in [2.05, 4.69) is 12.1 Å². The lowest BCUT2D eigenvalue weighted by Crippen LogP contribution is -2.55. The first-order valence-corrected chi connectivity index (χ1v) is 26.8. The van der Waals surface area contributed by atoms with Crippen molar-refractivity contribution in [2.24, 2.45) is 0 Å². The molecule has 6 aliphatic heterocycles. The van der Waals surface area contributed by atoms with Crippen LogP contribution in [0.2, 0.25) is 0 Å². The summed E-state index contributed by atoms with van der Waals surface area (Å²) < 4.78 is 78.0. The van der Waals surface area contributed by atoms with Gasteiger partial charge in [-0.05, 0) is 180 Å². The van der Waals surface area contributed by atoms with Crippen LogP contribution in [0.4, 0.5) is 0 Å². The summed E-state index contributed by atoms with van der Waals surface area (Å²) in [4.78, 5) is 25.1. The number of methoxy groups -OCH3 is 3. The van der Waals surface area contributed by atoms with Gasteiger partial charge in [0.2, 0.25) is 0 Å². The minimum absolute atomic E-state index is 0.00842. The molecule has 2 N–H and O–H groups in total. The number of carboxylic acid groups (broad SMARTS) is 2. The van der Waals surface area contributed by atoms with E-state index in [1.807, 2.05) is 85.7 Å². The van der Waals surface area contributed by atoms with Crippen LogP contribution >= 0.6 is 0 Å². The molecule has 6 aromatic rings. The molecule has 2 atom stereocenters. The number of hydrogen-bond acceptors (Lipinski definition) is 16. The van der Waals surface area contributed by atoms with E-state index in [1.54, 1.807) is 39.3 Å². The zero-order chi connectivity index (χ0) is 58.7. The normalized spacial score (nSPS) is 21.0. The van der Waals surface area contributed by atoms with Crippen LogP contribution in [0.5, 0.6) is 74.7 Å². The maximum absolute atomic E-state index is 12.6. The van der Waals surface area contributed by atoms with Crippen LogP contribution in [-0.4, -0.2) is 55.1 Å². The van der Waals surface area contributed by atoms with Crippen LogP contribution in [0.15, 0.2) is 48.5 Å². The second-order valence-corrected chi connectivity index (χ2v) is 23.8. The number of rotatable bonds is 7. The highest BCUT2D eigenvalue weighted by Crippen LogP contribution is 2.60. The number of nitriles is 2. The largest absolute Gasteiger partial charge is 0.493 e. The lowest BCUT2D eigenvalue weighted by molar-refractivity contribution is -0.336. The third-order valence-corrected chi connectivity index (χ3v) is 16.8. The fraction of sp³-hybridized carbons (Fsp3) is 0.375. The van der Waals surface area contributed by atoms with Crippen molar-refractivity contribution in [2.75, 3.05) is 21.3 Å². The first kappa shape index (κ1) is 54.1. The summed E-state index contributed by atoms with van der Waals surface area (Å²) in [6.07, 6.45) is 1.22. The van der Waals surface area contributed by atoms with Crippen molar-refractivity contribution in [3.63, 3.8) is 0 Å². The van der Waals surface area contributed by atoms with Gasteiger partial charge in [-0.15, -0.1) is 0 Å². The van der Waals surface area contributed by atoms with Crippen LogP contribution < -0.4 is 37.9 Å². The van der Waals surface area contributed by atoms with Crippen molar-refractivity contribution in [1.29, 1.82) is 10.5 Å². The average molecular weight is 1110 g/mol. The van der Waals surface area contributed by atoms with Gasteiger partial charge in [-0.25, -0.2) is 9.59 Å². The third-order valence-electron chi connectivity index (χ3n) is 16.8. The average Bonchev–Trinajstić information content (AvgIpc) is 1.21. The smallest absolute Gasteiger partial charge is 0.339 e. The van der Waals surface area contributed by atoms with Gasteiger partial charge in [-0.3, -0.25) is 0 Å². The quantitative estimate of drug-likeness (QED) is 0.151. The van der Waals surface area contributed by atoms with Crippen LogP contribution in [-0.2, 0) is 67.0 Å². The number of carboxylic acids is 2. The standard InChI is InChI=1S/C64H60N2O16/c1-29-30(2)51(58(69)70)56-55(50(29)57(67)68)77-46-18-35-26-64(82-62(10,11)41(35)22-49(46)78-56)24-33-16-43(72-13)47(20-39(33)60(6,7)80-64)74-52-31(3)36(27-65)53-54(37(52)28-66)75-45-17-34-25-63(81-61(8,9)40(34)21-48(45)76-53)23-32-15-42(71-12)44(73-14)19-38(32)59(4,5)79-63/h15-22H,23-26H2,1-14H3,(H,67,68)(H,69,70). The van der Waals surface area contributed by atoms with E-state index in [1.165, 1.54) is 21.0 Å². The Labute approximate surface area is 473 Å². The van der Waals surface area contributed by atoms with E-state index in [0.717, 1.165) is 44.5 Å². The van der Waals surface area contributed by atoms with Crippen molar-refractivity contribution in [1.82, 2.24) is 0 Å². The predicted molar refractivity (Wildman–Crippen MR) is 293 cm³/mol. The summed E-state index contributed by atoms with van der Waals surface area (Å²) in [5.74, 6) is -2.33. The van der Waals surface area contributed by atoms with Gasteiger partial charge in [0.15, 0.2) is 86.3 Å². The molecule has 6 aliphatic rings. The van der Waals surface area contributed by atoms with E-state index < -0.39 is 45.9 Å². The highest BCUT2D eigenvalue weighted by Gasteiger charge is 2.54. The molecule has 82 heavy (non-hydrogen) atoms. The Hall–Kier alpha value is -8.52. The monoisotopic (exact) mass is 1110 g/mol. The Morgan fingerprint density at radius 3 is 1.15 bits per heavy atom. The molecule has 422 valence electrons. The van der Waals surface area contributed by atoms with E-state index in [4.69, 9.17) is 56.8 Å². The second-order valence-electron chi connectivity index (χ2n) is 23.8. The molecular formula is C64H60N2O16. The lowest BCUT2D eigenvalue weighted by Gasteiger charge is -2.52.